The van der Waals surface area contributed by atoms with Gasteiger partial charge in [0.05, 0.1) is 17.4 Å². The smallest absolute Gasteiger partial charge is 0.0965 e. The molecule has 5 nitrogen and oxygen atoms in total. The van der Waals surface area contributed by atoms with Crippen LogP contribution in [0.1, 0.15) is 40.3 Å². The molecule has 1 aromatic rings. The Kier molecular flexibility index (Phi) is 5.50. The normalized spacial score (nSPS) is 14.4. The van der Waals surface area contributed by atoms with Crippen LogP contribution in [0.2, 0.25) is 0 Å². The van der Waals surface area contributed by atoms with Gasteiger partial charge in [0.1, 0.15) is 0 Å². The van der Waals surface area contributed by atoms with Crippen molar-refractivity contribution in [2.24, 2.45) is 5.92 Å². The molecule has 19 heavy (non-hydrogen) atoms. The van der Waals surface area contributed by atoms with Crippen molar-refractivity contribution < 1.29 is 0 Å². The Labute approximate surface area is 117 Å². The van der Waals surface area contributed by atoms with Crippen LogP contribution in [0, 0.1) is 5.92 Å². The van der Waals surface area contributed by atoms with E-state index in [9.17, 15) is 0 Å². The molecule has 0 fully saturated rings. The van der Waals surface area contributed by atoms with Crippen LogP contribution in [0.25, 0.3) is 0 Å². The first-order chi connectivity index (χ1) is 8.71. The Bertz CT molecular complexity index is 367. The summed E-state index contributed by atoms with van der Waals surface area (Å²) in [4.78, 5) is 2.27. The minimum Gasteiger partial charge on any atom is -0.309 e. The van der Waals surface area contributed by atoms with Crippen LogP contribution < -0.4 is 5.32 Å². The molecule has 110 valence electrons. The summed E-state index contributed by atoms with van der Waals surface area (Å²) in [5.41, 5.74) is 0.992. The second-order valence-corrected chi connectivity index (χ2v) is 6.73. The third kappa shape index (κ3) is 4.91. The molecule has 1 N–H and O–H groups in total. The monoisotopic (exact) mass is 267 g/mol. The number of aromatic nitrogens is 3. The molecule has 0 aliphatic heterocycles. The van der Waals surface area contributed by atoms with E-state index in [0.29, 0.717) is 12.0 Å². The number of hydrogen-bond donors (Lipinski definition) is 1. The van der Waals surface area contributed by atoms with Crippen LogP contribution in [-0.2, 0) is 12.1 Å². The molecule has 0 radical (unpaired) electrons. The molecule has 5 heteroatoms. The van der Waals surface area contributed by atoms with E-state index in [1.807, 2.05) is 10.9 Å². The molecule has 0 amide bonds. The molecule has 0 saturated carbocycles. The first-order valence-electron chi connectivity index (χ1n) is 7.00. The molecule has 0 aromatic carbocycles. The van der Waals surface area contributed by atoms with Gasteiger partial charge in [0.15, 0.2) is 0 Å². The number of hydrogen-bond acceptors (Lipinski definition) is 4. The van der Waals surface area contributed by atoms with Crippen molar-refractivity contribution in [3.05, 3.63) is 11.9 Å². The molecule has 1 unspecified atom stereocenters. The highest BCUT2D eigenvalue weighted by Gasteiger charge is 2.17. The van der Waals surface area contributed by atoms with E-state index in [1.54, 1.807) is 0 Å². The van der Waals surface area contributed by atoms with Gasteiger partial charge in [-0.15, -0.1) is 5.10 Å². The standard InChI is InChI=1S/C14H29N5/c1-11(2)13(18(6)7)9-15-8-12-10-19(17-16-12)14(3,4)5/h10-11,13,15H,8-9H2,1-7H3. The third-order valence-corrected chi connectivity index (χ3v) is 3.32. The average Bonchev–Trinajstić information content (AvgIpc) is 2.71. The van der Waals surface area contributed by atoms with Crippen molar-refractivity contribution >= 4 is 0 Å². The predicted octanol–water partition coefficient (Wildman–Crippen LogP) is 1.71. The van der Waals surface area contributed by atoms with Crippen LogP contribution in [0.4, 0.5) is 0 Å². The van der Waals surface area contributed by atoms with E-state index in [1.165, 1.54) is 0 Å². The summed E-state index contributed by atoms with van der Waals surface area (Å²) < 4.78 is 1.91. The zero-order chi connectivity index (χ0) is 14.6. The Hall–Kier alpha value is -0.940. The molecule has 0 saturated heterocycles. The first kappa shape index (κ1) is 16.1. The van der Waals surface area contributed by atoms with Crippen molar-refractivity contribution in [2.45, 2.75) is 52.7 Å². The highest BCUT2D eigenvalue weighted by Crippen LogP contribution is 2.11. The van der Waals surface area contributed by atoms with Crippen LogP contribution >= 0.6 is 0 Å². The first-order valence-corrected chi connectivity index (χ1v) is 7.00. The number of likely N-dealkylation sites (N-methyl/N-ethyl adjacent to an activating group) is 1. The van der Waals surface area contributed by atoms with Crippen molar-refractivity contribution in [1.29, 1.82) is 0 Å². The minimum absolute atomic E-state index is 0.00461. The molecule has 1 atom stereocenters. The van der Waals surface area contributed by atoms with Crippen LogP contribution in [-0.4, -0.2) is 46.6 Å². The molecular weight excluding hydrogens is 238 g/mol. The Balaban J connectivity index is 2.47. The fourth-order valence-corrected chi connectivity index (χ4v) is 2.07. The van der Waals surface area contributed by atoms with E-state index in [4.69, 9.17) is 0 Å². The predicted molar refractivity (Wildman–Crippen MR) is 79.0 cm³/mol. The van der Waals surface area contributed by atoms with Gasteiger partial charge in [-0.1, -0.05) is 19.1 Å². The minimum atomic E-state index is -0.00461. The number of rotatable bonds is 6. The van der Waals surface area contributed by atoms with Gasteiger partial charge >= 0.3 is 0 Å². The van der Waals surface area contributed by atoms with Crippen LogP contribution in [0.3, 0.4) is 0 Å². The van der Waals surface area contributed by atoms with Crippen LogP contribution in [0.5, 0.6) is 0 Å². The second-order valence-electron chi connectivity index (χ2n) is 6.73. The van der Waals surface area contributed by atoms with Gasteiger partial charge in [-0.25, -0.2) is 4.68 Å². The average molecular weight is 267 g/mol. The summed E-state index contributed by atoms with van der Waals surface area (Å²) in [5.74, 6) is 0.632. The molecule has 1 aromatic heterocycles. The van der Waals surface area contributed by atoms with Crippen LogP contribution in [0.15, 0.2) is 6.20 Å². The van der Waals surface area contributed by atoms with Gasteiger partial charge in [-0.05, 0) is 40.8 Å². The van der Waals surface area contributed by atoms with E-state index in [-0.39, 0.29) is 5.54 Å². The van der Waals surface area contributed by atoms with Gasteiger partial charge in [0.2, 0.25) is 0 Å². The second kappa shape index (κ2) is 6.48. The number of nitrogens with one attached hydrogen (secondary N) is 1. The summed E-state index contributed by atoms with van der Waals surface area (Å²) in [6.45, 7) is 12.6. The maximum absolute atomic E-state index is 4.21. The van der Waals surface area contributed by atoms with Crippen molar-refractivity contribution in [3.63, 3.8) is 0 Å². The SMILES string of the molecule is CC(C)C(CNCc1cn(C(C)(C)C)nn1)N(C)C. The topological polar surface area (TPSA) is 46.0 Å². The highest BCUT2D eigenvalue weighted by atomic mass is 15.4. The summed E-state index contributed by atoms with van der Waals surface area (Å²) in [5, 5.41) is 11.8. The molecule has 0 aliphatic carbocycles. The molecule has 1 rings (SSSR count). The Morgan fingerprint density at radius 3 is 2.37 bits per heavy atom. The Morgan fingerprint density at radius 1 is 1.32 bits per heavy atom. The quantitative estimate of drug-likeness (QED) is 0.852. The lowest BCUT2D eigenvalue weighted by molar-refractivity contribution is 0.224. The van der Waals surface area contributed by atoms with Crippen molar-refractivity contribution in [1.82, 2.24) is 25.2 Å². The molecule has 0 spiro atoms. The lowest BCUT2D eigenvalue weighted by Gasteiger charge is -2.28. The maximum Gasteiger partial charge on any atom is 0.0965 e. The van der Waals surface area contributed by atoms with Crippen molar-refractivity contribution in [2.75, 3.05) is 20.6 Å². The largest absolute Gasteiger partial charge is 0.309 e. The van der Waals surface area contributed by atoms with Crippen molar-refractivity contribution in [3.8, 4) is 0 Å². The lowest BCUT2D eigenvalue weighted by Crippen LogP contribution is -2.41. The van der Waals surface area contributed by atoms with E-state index < -0.39 is 0 Å². The van der Waals surface area contributed by atoms with Gasteiger partial charge in [-0.2, -0.15) is 0 Å². The zero-order valence-electron chi connectivity index (χ0n) is 13.4. The van der Waals surface area contributed by atoms with Gasteiger partial charge in [-0.3, -0.25) is 0 Å². The zero-order valence-corrected chi connectivity index (χ0v) is 13.4. The third-order valence-electron chi connectivity index (χ3n) is 3.32. The molecule has 0 bridgehead atoms. The van der Waals surface area contributed by atoms with Gasteiger partial charge in [0, 0.05) is 19.1 Å². The fraction of sp³-hybridized carbons (Fsp3) is 0.857. The van der Waals surface area contributed by atoms with Gasteiger partial charge < -0.3 is 10.2 Å². The van der Waals surface area contributed by atoms with Gasteiger partial charge in [0.25, 0.3) is 0 Å². The number of nitrogens with zero attached hydrogens (tertiary/aromatic N) is 4. The summed E-state index contributed by atoms with van der Waals surface area (Å²) >= 11 is 0. The molecule has 1 heterocycles. The van der Waals surface area contributed by atoms with E-state index in [0.717, 1.165) is 18.8 Å². The highest BCUT2D eigenvalue weighted by molar-refractivity contribution is 4.94. The summed E-state index contributed by atoms with van der Waals surface area (Å²) in [6.07, 6.45) is 2.02. The summed E-state index contributed by atoms with van der Waals surface area (Å²) in [7, 11) is 4.25. The molecule has 0 aliphatic rings. The maximum atomic E-state index is 4.21. The fourth-order valence-electron chi connectivity index (χ4n) is 2.07. The van der Waals surface area contributed by atoms with E-state index in [2.05, 4.69) is 69.2 Å². The lowest BCUT2D eigenvalue weighted by atomic mass is 10.0. The summed E-state index contributed by atoms with van der Waals surface area (Å²) in [6, 6.07) is 0.540. The van der Waals surface area contributed by atoms with E-state index >= 15 is 0 Å². The Morgan fingerprint density at radius 2 is 1.95 bits per heavy atom. The molecular formula is C14H29N5.